The summed E-state index contributed by atoms with van der Waals surface area (Å²) in [5.41, 5.74) is -0.892. The molecule has 0 aromatic rings. The number of hydrogen-bond acceptors (Lipinski definition) is 7. The molecule has 0 unspecified atom stereocenters. The normalized spacial score (nSPS) is 35.1. The van der Waals surface area contributed by atoms with E-state index in [9.17, 15) is 26.8 Å². The van der Waals surface area contributed by atoms with Crippen LogP contribution in [0.3, 0.4) is 0 Å². The standard InChI is InChI=1S/C16H22F2O8S/c1-24-8-15(11-3-9-2-10(5-11)6-12(15)4-9)26-13(19)7-25-14(20)16(17,18)27(21,22)23/h9-12H,2-8H2,1H3,(H,21,22,23). The highest BCUT2D eigenvalue weighted by atomic mass is 32.2. The second-order valence-corrected chi connectivity index (χ2v) is 9.20. The van der Waals surface area contributed by atoms with Gasteiger partial charge in [-0.15, -0.1) is 0 Å². The summed E-state index contributed by atoms with van der Waals surface area (Å²) in [5.74, 6) is -2.24. The molecule has 4 rings (SSSR count). The van der Waals surface area contributed by atoms with Gasteiger partial charge in [0, 0.05) is 18.9 Å². The minimum atomic E-state index is -5.99. The number of hydrogen-bond donors (Lipinski definition) is 1. The van der Waals surface area contributed by atoms with Crippen LogP contribution in [0.15, 0.2) is 0 Å². The molecule has 0 amide bonds. The van der Waals surface area contributed by atoms with Crippen molar-refractivity contribution in [3.05, 3.63) is 0 Å². The number of methoxy groups -OCH3 is 1. The first-order chi connectivity index (χ1) is 12.5. The van der Waals surface area contributed by atoms with Crippen LogP contribution in [-0.4, -0.2) is 56.1 Å². The topological polar surface area (TPSA) is 116 Å². The van der Waals surface area contributed by atoms with Gasteiger partial charge >= 0.3 is 27.3 Å². The first-order valence-corrected chi connectivity index (χ1v) is 10.2. The molecule has 4 fully saturated rings. The Bertz CT molecular complexity index is 692. The molecule has 0 atom stereocenters. The molecule has 27 heavy (non-hydrogen) atoms. The monoisotopic (exact) mass is 412 g/mol. The Morgan fingerprint density at radius 3 is 2.07 bits per heavy atom. The van der Waals surface area contributed by atoms with E-state index in [4.69, 9.17) is 14.0 Å². The first-order valence-electron chi connectivity index (χ1n) is 8.72. The van der Waals surface area contributed by atoms with Gasteiger partial charge in [0.15, 0.2) is 6.61 Å². The molecule has 4 saturated carbocycles. The van der Waals surface area contributed by atoms with Crippen LogP contribution in [0.5, 0.6) is 0 Å². The van der Waals surface area contributed by atoms with Crippen LogP contribution in [0.25, 0.3) is 0 Å². The van der Waals surface area contributed by atoms with Crippen molar-refractivity contribution >= 4 is 22.1 Å². The molecule has 0 radical (unpaired) electrons. The third-order valence-corrected chi connectivity index (χ3v) is 6.89. The lowest BCUT2D eigenvalue weighted by molar-refractivity contribution is -0.227. The zero-order chi connectivity index (χ0) is 20.0. The van der Waals surface area contributed by atoms with E-state index in [1.807, 2.05) is 0 Å². The summed E-state index contributed by atoms with van der Waals surface area (Å²) in [6.07, 6.45) is 4.75. The van der Waals surface area contributed by atoms with Gasteiger partial charge in [0.05, 0.1) is 6.61 Å². The molecular formula is C16H22F2O8S. The van der Waals surface area contributed by atoms with Crippen LogP contribution >= 0.6 is 0 Å². The average molecular weight is 412 g/mol. The van der Waals surface area contributed by atoms with Crippen molar-refractivity contribution < 1.29 is 45.6 Å². The zero-order valence-corrected chi connectivity index (χ0v) is 15.5. The largest absolute Gasteiger partial charge is 0.465 e. The maximum atomic E-state index is 13.2. The van der Waals surface area contributed by atoms with Gasteiger partial charge in [-0.05, 0) is 43.9 Å². The Morgan fingerprint density at radius 2 is 1.63 bits per heavy atom. The van der Waals surface area contributed by atoms with Crippen molar-refractivity contribution in [1.82, 2.24) is 0 Å². The summed E-state index contributed by atoms with van der Waals surface area (Å²) < 4.78 is 70.8. The summed E-state index contributed by atoms with van der Waals surface area (Å²) >= 11 is 0. The van der Waals surface area contributed by atoms with Gasteiger partial charge in [-0.25, -0.2) is 9.59 Å². The predicted octanol–water partition coefficient (Wildman–Crippen LogP) is 1.39. The summed E-state index contributed by atoms with van der Waals surface area (Å²) in [5, 5.41) is -5.15. The molecule has 8 nitrogen and oxygen atoms in total. The van der Waals surface area contributed by atoms with E-state index >= 15 is 0 Å². The van der Waals surface area contributed by atoms with E-state index in [-0.39, 0.29) is 18.4 Å². The highest BCUT2D eigenvalue weighted by molar-refractivity contribution is 7.87. The number of ether oxygens (including phenoxy) is 3. The molecule has 0 aliphatic heterocycles. The molecule has 11 heteroatoms. The van der Waals surface area contributed by atoms with Gasteiger partial charge in [0.1, 0.15) is 5.60 Å². The van der Waals surface area contributed by atoms with Crippen LogP contribution < -0.4 is 0 Å². The van der Waals surface area contributed by atoms with Gasteiger partial charge in [-0.3, -0.25) is 4.55 Å². The summed E-state index contributed by atoms with van der Waals surface area (Å²) in [7, 11) is -4.51. The van der Waals surface area contributed by atoms with Crippen molar-refractivity contribution in [2.45, 2.75) is 43.0 Å². The van der Waals surface area contributed by atoms with Gasteiger partial charge in [0.25, 0.3) is 0 Å². The Labute approximate surface area is 155 Å². The van der Waals surface area contributed by atoms with Crippen molar-refractivity contribution in [3.8, 4) is 0 Å². The second-order valence-electron chi connectivity index (χ2n) is 7.73. The number of carbonyl (C=O) groups is 2. The van der Waals surface area contributed by atoms with Crippen LogP contribution in [0, 0.1) is 23.7 Å². The van der Waals surface area contributed by atoms with Gasteiger partial charge < -0.3 is 14.2 Å². The molecule has 0 aromatic heterocycles. The molecule has 0 aromatic carbocycles. The van der Waals surface area contributed by atoms with Gasteiger partial charge in [-0.1, -0.05) is 0 Å². The van der Waals surface area contributed by atoms with E-state index in [0.717, 1.165) is 25.7 Å². The molecule has 0 saturated heterocycles. The second kappa shape index (κ2) is 6.93. The van der Waals surface area contributed by atoms with E-state index in [0.29, 0.717) is 11.8 Å². The average Bonchev–Trinajstić information content (AvgIpc) is 2.55. The van der Waals surface area contributed by atoms with Crippen LogP contribution in [0.1, 0.15) is 32.1 Å². The Morgan fingerprint density at radius 1 is 1.11 bits per heavy atom. The van der Waals surface area contributed by atoms with Gasteiger partial charge in [0.2, 0.25) is 0 Å². The van der Waals surface area contributed by atoms with E-state index in [2.05, 4.69) is 4.74 Å². The minimum Gasteiger partial charge on any atom is -0.453 e. The Balaban J connectivity index is 1.66. The summed E-state index contributed by atoms with van der Waals surface area (Å²) in [6, 6.07) is 0. The quantitative estimate of drug-likeness (QED) is 0.493. The first kappa shape index (κ1) is 20.4. The van der Waals surface area contributed by atoms with Crippen molar-refractivity contribution in [1.29, 1.82) is 0 Å². The highest BCUT2D eigenvalue weighted by Gasteiger charge is 2.60. The Kier molecular flexibility index (Phi) is 5.23. The molecule has 0 spiro atoms. The minimum absolute atomic E-state index is 0.0904. The maximum absolute atomic E-state index is 13.2. The van der Waals surface area contributed by atoms with Crippen molar-refractivity contribution in [2.75, 3.05) is 20.3 Å². The molecule has 4 aliphatic rings. The molecule has 154 valence electrons. The van der Waals surface area contributed by atoms with E-state index < -0.39 is 39.5 Å². The number of rotatable bonds is 7. The smallest absolute Gasteiger partial charge is 0.453 e. The lowest BCUT2D eigenvalue weighted by atomic mass is 9.50. The summed E-state index contributed by atoms with van der Waals surface area (Å²) in [4.78, 5) is 23.4. The fraction of sp³-hybridized carbons (Fsp3) is 0.875. The lowest BCUT2D eigenvalue weighted by Crippen LogP contribution is -2.62. The summed E-state index contributed by atoms with van der Waals surface area (Å²) in [6.45, 7) is -1.02. The number of alkyl halides is 2. The number of esters is 2. The number of halogens is 2. The molecule has 4 bridgehead atoms. The zero-order valence-electron chi connectivity index (χ0n) is 14.7. The van der Waals surface area contributed by atoms with Crippen LogP contribution in [0.2, 0.25) is 0 Å². The fourth-order valence-corrected chi connectivity index (χ4v) is 5.46. The van der Waals surface area contributed by atoms with Crippen molar-refractivity contribution in [2.24, 2.45) is 23.7 Å². The number of carbonyl (C=O) groups excluding carboxylic acids is 2. The SMILES string of the molecule is COCC1(OC(=O)COC(=O)C(F)(F)S(=O)(=O)O)C2CC3CC(C2)CC1C3. The van der Waals surface area contributed by atoms with E-state index in [1.165, 1.54) is 13.5 Å². The molecular weight excluding hydrogens is 390 g/mol. The van der Waals surface area contributed by atoms with Crippen LogP contribution in [-0.2, 0) is 33.9 Å². The van der Waals surface area contributed by atoms with E-state index in [1.54, 1.807) is 0 Å². The predicted molar refractivity (Wildman–Crippen MR) is 85.2 cm³/mol. The highest BCUT2D eigenvalue weighted by Crippen LogP contribution is 2.59. The Hall–Kier alpha value is -1.33. The molecule has 0 heterocycles. The third kappa shape index (κ3) is 3.56. The maximum Gasteiger partial charge on any atom is 0.465 e. The fourth-order valence-electron chi connectivity index (χ4n) is 5.19. The van der Waals surface area contributed by atoms with Crippen LogP contribution in [0.4, 0.5) is 8.78 Å². The van der Waals surface area contributed by atoms with Crippen molar-refractivity contribution in [3.63, 3.8) is 0 Å². The molecule has 1 N–H and O–H groups in total. The van der Waals surface area contributed by atoms with Gasteiger partial charge in [-0.2, -0.15) is 17.2 Å². The molecule has 4 aliphatic carbocycles. The lowest BCUT2D eigenvalue weighted by Gasteiger charge is -2.59. The third-order valence-electron chi connectivity index (χ3n) is 6.08.